The molecule has 0 aliphatic carbocycles. The van der Waals surface area contributed by atoms with E-state index in [4.69, 9.17) is 9.84 Å². The number of rotatable bonds is 7. The van der Waals surface area contributed by atoms with Crippen LogP contribution in [-0.2, 0) is 14.4 Å². The fourth-order valence-corrected chi connectivity index (χ4v) is 3.02. The molecule has 2 amide bonds. The van der Waals surface area contributed by atoms with Gasteiger partial charge in [0.15, 0.2) is 6.61 Å². The molecule has 1 aliphatic heterocycles. The molecule has 1 fully saturated rings. The number of carboxylic acid groups (broad SMARTS) is 1. The van der Waals surface area contributed by atoms with E-state index in [9.17, 15) is 14.4 Å². The number of carbonyl (C=O) groups excluding carboxylic acids is 2. The molecular formula is C19H26N2O5. The summed E-state index contributed by atoms with van der Waals surface area (Å²) in [5, 5.41) is 8.96. The molecule has 1 aromatic carbocycles. The van der Waals surface area contributed by atoms with Gasteiger partial charge in [0.1, 0.15) is 5.75 Å². The van der Waals surface area contributed by atoms with Crippen LogP contribution in [0.2, 0.25) is 0 Å². The summed E-state index contributed by atoms with van der Waals surface area (Å²) in [6.45, 7) is 2.78. The van der Waals surface area contributed by atoms with Crippen molar-refractivity contribution in [3.8, 4) is 5.75 Å². The zero-order valence-corrected chi connectivity index (χ0v) is 15.3. The Kier molecular flexibility index (Phi) is 7.00. The van der Waals surface area contributed by atoms with E-state index in [-0.39, 0.29) is 30.9 Å². The van der Waals surface area contributed by atoms with Gasteiger partial charge >= 0.3 is 5.97 Å². The quantitative estimate of drug-likeness (QED) is 0.794. The Morgan fingerprint density at radius 3 is 2.42 bits per heavy atom. The molecule has 0 radical (unpaired) electrons. The molecule has 142 valence electrons. The molecule has 7 nitrogen and oxygen atoms in total. The minimum absolute atomic E-state index is 0.0152. The molecule has 0 spiro atoms. The van der Waals surface area contributed by atoms with E-state index in [1.807, 2.05) is 18.2 Å². The van der Waals surface area contributed by atoms with Crippen LogP contribution in [0.5, 0.6) is 5.75 Å². The lowest BCUT2D eigenvalue weighted by molar-refractivity contribution is -0.145. The van der Waals surface area contributed by atoms with Crippen molar-refractivity contribution < 1.29 is 24.2 Å². The van der Waals surface area contributed by atoms with Crippen molar-refractivity contribution >= 4 is 17.8 Å². The Balaban J connectivity index is 1.76. The maximum Gasteiger partial charge on any atom is 0.308 e. The Bertz CT molecular complexity index is 626. The largest absolute Gasteiger partial charge is 0.484 e. The third-order valence-electron chi connectivity index (χ3n) is 4.65. The molecule has 1 unspecified atom stereocenters. The first-order valence-electron chi connectivity index (χ1n) is 8.82. The predicted octanol–water partition coefficient (Wildman–Crippen LogP) is 1.48. The van der Waals surface area contributed by atoms with Gasteiger partial charge in [0, 0.05) is 32.6 Å². The Morgan fingerprint density at radius 2 is 1.85 bits per heavy atom. The zero-order valence-electron chi connectivity index (χ0n) is 15.3. The van der Waals surface area contributed by atoms with Gasteiger partial charge in [-0.15, -0.1) is 0 Å². The number of carboxylic acids is 1. The molecule has 0 aromatic heterocycles. The van der Waals surface area contributed by atoms with Gasteiger partial charge in [0.05, 0.1) is 5.92 Å². The third kappa shape index (κ3) is 5.47. The Hall–Kier alpha value is -2.57. The van der Waals surface area contributed by atoms with E-state index in [0.717, 1.165) is 0 Å². The second kappa shape index (κ2) is 9.22. The van der Waals surface area contributed by atoms with E-state index < -0.39 is 11.9 Å². The number of hydrogen-bond acceptors (Lipinski definition) is 4. The Labute approximate surface area is 153 Å². The van der Waals surface area contributed by atoms with Crippen LogP contribution in [0.15, 0.2) is 30.3 Å². The fraction of sp³-hybridized carbons (Fsp3) is 0.526. The number of ether oxygens (including phenoxy) is 1. The normalized spacial score (nSPS) is 16.0. The van der Waals surface area contributed by atoms with Gasteiger partial charge in [-0.1, -0.05) is 25.1 Å². The average Bonchev–Trinajstić information content (AvgIpc) is 2.66. The minimum atomic E-state index is -0.913. The molecule has 0 saturated carbocycles. The van der Waals surface area contributed by atoms with Crippen molar-refractivity contribution in [3.05, 3.63) is 30.3 Å². The number of piperidine rings is 1. The highest BCUT2D eigenvalue weighted by Crippen LogP contribution is 2.20. The summed E-state index contributed by atoms with van der Waals surface area (Å²) in [5.74, 6) is -1.16. The standard InChI is InChI=1S/C19H26N2O5/c1-14(19(24)25)12-20(2)18(23)15-8-10-21(11-9-15)17(22)13-26-16-6-4-3-5-7-16/h3-7,14-15H,8-13H2,1-2H3,(H,24,25). The van der Waals surface area contributed by atoms with Crippen molar-refractivity contribution in [2.24, 2.45) is 11.8 Å². The maximum atomic E-state index is 12.4. The topological polar surface area (TPSA) is 87.2 Å². The zero-order chi connectivity index (χ0) is 19.1. The first-order valence-corrected chi connectivity index (χ1v) is 8.82. The number of hydrogen-bond donors (Lipinski definition) is 1. The molecule has 7 heteroatoms. The smallest absolute Gasteiger partial charge is 0.308 e. The highest BCUT2D eigenvalue weighted by molar-refractivity contribution is 5.81. The van der Waals surface area contributed by atoms with E-state index in [1.165, 1.54) is 4.90 Å². The van der Waals surface area contributed by atoms with E-state index in [2.05, 4.69) is 0 Å². The van der Waals surface area contributed by atoms with Crippen molar-refractivity contribution in [1.82, 2.24) is 9.80 Å². The van der Waals surface area contributed by atoms with Crippen LogP contribution < -0.4 is 4.74 Å². The van der Waals surface area contributed by atoms with E-state index >= 15 is 0 Å². The molecule has 1 atom stereocenters. The number of nitrogens with zero attached hydrogens (tertiary/aromatic N) is 2. The van der Waals surface area contributed by atoms with Gasteiger partial charge in [-0.3, -0.25) is 14.4 Å². The number of amides is 2. The molecule has 1 saturated heterocycles. The maximum absolute atomic E-state index is 12.4. The lowest BCUT2D eigenvalue weighted by Crippen LogP contribution is -2.45. The van der Waals surface area contributed by atoms with Gasteiger partial charge in [-0.05, 0) is 25.0 Å². The summed E-state index contributed by atoms with van der Waals surface area (Å²) in [6.07, 6.45) is 1.17. The third-order valence-corrected chi connectivity index (χ3v) is 4.65. The number of benzene rings is 1. The first kappa shape index (κ1) is 19.8. The van der Waals surface area contributed by atoms with Gasteiger partial charge in [-0.2, -0.15) is 0 Å². The second-order valence-corrected chi connectivity index (χ2v) is 6.71. The monoisotopic (exact) mass is 362 g/mol. The van der Waals surface area contributed by atoms with Crippen LogP contribution in [0.3, 0.4) is 0 Å². The summed E-state index contributed by atoms with van der Waals surface area (Å²) in [6, 6.07) is 9.17. The summed E-state index contributed by atoms with van der Waals surface area (Å²) in [4.78, 5) is 38.8. The number of aliphatic carboxylic acids is 1. The summed E-state index contributed by atoms with van der Waals surface area (Å²) in [7, 11) is 1.63. The number of para-hydroxylation sites is 1. The fourth-order valence-electron chi connectivity index (χ4n) is 3.02. The molecule has 1 heterocycles. The van der Waals surface area contributed by atoms with Crippen molar-refractivity contribution in [1.29, 1.82) is 0 Å². The summed E-state index contributed by atoms with van der Waals surface area (Å²) >= 11 is 0. The minimum Gasteiger partial charge on any atom is -0.484 e. The SMILES string of the molecule is CC(CN(C)C(=O)C1CCN(C(=O)COc2ccccc2)CC1)C(=O)O. The van der Waals surface area contributed by atoms with Crippen LogP contribution >= 0.6 is 0 Å². The molecule has 0 bridgehead atoms. The molecule has 2 rings (SSSR count). The van der Waals surface area contributed by atoms with Crippen LogP contribution in [0.1, 0.15) is 19.8 Å². The average molecular weight is 362 g/mol. The van der Waals surface area contributed by atoms with Crippen molar-refractivity contribution in [2.75, 3.05) is 33.3 Å². The van der Waals surface area contributed by atoms with Crippen LogP contribution in [-0.4, -0.2) is 66.0 Å². The first-order chi connectivity index (χ1) is 12.4. The number of likely N-dealkylation sites (tertiary alicyclic amines) is 1. The lowest BCUT2D eigenvalue weighted by atomic mass is 9.95. The van der Waals surface area contributed by atoms with Crippen LogP contribution in [0, 0.1) is 11.8 Å². The van der Waals surface area contributed by atoms with Crippen LogP contribution in [0.4, 0.5) is 0 Å². The van der Waals surface area contributed by atoms with Gasteiger partial charge in [0.2, 0.25) is 5.91 Å². The summed E-state index contributed by atoms with van der Waals surface area (Å²) < 4.78 is 5.48. The molecule has 1 aromatic rings. The van der Waals surface area contributed by atoms with Gasteiger partial charge in [-0.25, -0.2) is 0 Å². The predicted molar refractivity (Wildman–Crippen MR) is 95.7 cm³/mol. The van der Waals surface area contributed by atoms with Gasteiger partial charge < -0.3 is 19.6 Å². The van der Waals surface area contributed by atoms with Gasteiger partial charge in [0.25, 0.3) is 5.91 Å². The Morgan fingerprint density at radius 1 is 1.23 bits per heavy atom. The number of carbonyl (C=O) groups is 3. The molecule has 1 N–H and O–H groups in total. The molecular weight excluding hydrogens is 336 g/mol. The van der Waals surface area contributed by atoms with E-state index in [0.29, 0.717) is 31.7 Å². The highest BCUT2D eigenvalue weighted by Gasteiger charge is 2.30. The van der Waals surface area contributed by atoms with Crippen LogP contribution in [0.25, 0.3) is 0 Å². The van der Waals surface area contributed by atoms with E-state index in [1.54, 1.807) is 31.0 Å². The summed E-state index contributed by atoms with van der Waals surface area (Å²) in [5.41, 5.74) is 0. The van der Waals surface area contributed by atoms with Crippen molar-refractivity contribution in [3.63, 3.8) is 0 Å². The molecule has 26 heavy (non-hydrogen) atoms. The molecule has 1 aliphatic rings. The highest BCUT2D eigenvalue weighted by atomic mass is 16.5. The van der Waals surface area contributed by atoms with Crippen molar-refractivity contribution in [2.45, 2.75) is 19.8 Å². The lowest BCUT2D eigenvalue weighted by Gasteiger charge is -2.33. The second-order valence-electron chi connectivity index (χ2n) is 6.71.